The lowest BCUT2D eigenvalue weighted by Crippen LogP contribution is -2.43. The fraction of sp³-hybridized carbons (Fsp3) is 0.333. The third kappa shape index (κ3) is 3.62. The summed E-state index contributed by atoms with van der Waals surface area (Å²) in [6.07, 6.45) is 2.71. The number of aromatic nitrogens is 1. The van der Waals surface area contributed by atoms with Crippen LogP contribution in [0.5, 0.6) is 0 Å². The van der Waals surface area contributed by atoms with Gasteiger partial charge >= 0.3 is 0 Å². The second-order valence-corrected chi connectivity index (χ2v) is 6.17. The molecule has 1 aliphatic heterocycles. The van der Waals surface area contributed by atoms with E-state index in [0.29, 0.717) is 24.2 Å². The number of anilines is 2. The number of fused-ring (bicyclic) bond motifs is 1. The highest BCUT2D eigenvalue weighted by atomic mass is 19.1. The molecule has 1 aromatic carbocycles. The molecule has 0 saturated heterocycles. The van der Waals surface area contributed by atoms with Gasteiger partial charge in [0.05, 0.1) is 35.8 Å². The molecule has 0 unspecified atom stereocenters. The molecule has 1 aliphatic rings. The first-order valence-corrected chi connectivity index (χ1v) is 8.08. The van der Waals surface area contributed by atoms with Crippen molar-refractivity contribution < 1.29 is 19.4 Å². The third-order valence-electron chi connectivity index (χ3n) is 4.21. The van der Waals surface area contributed by atoms with E-state index in [1.807, 2.05) is 0 Å². The molecule has 7 heteroatoms. The van der Waals surface area contributed by atoms with Crippen LogP contribution in [0.15, 0.2) is 30.6 Å². The van der Waals surface area contributed by atoms with Crippen LogP contribution in [0.1, 0.15) is 21.5 Å². The summed E-state index contributed by atoms with van der Waals surface area (Å²) < 4.78 is 14.1. The molecular weight excluding hydrogens is 325 g/mol. The second kappa shape index (κ2) is 7.16. The topological polar surface area (TPSA) is 85.7 Å². The number of nitrogens with zero attached hydrogens (tertiary/aromatic N) is 2. The summed E-state index contributed by atoms with van der Waals surface area (Å²) in [7, 11) is 0. The SMILES string of the molecule is Cc1ccc(Nc2cncc3c2C(=O)N(C[C@H](O)CO)CC3)c(F)c1. The summed E-state index contributed by atoms with van der Waals surface area (Å²) in [5.41, 5.74) is 2.69. The predicted octanol–water partition coefficient (Wildman–Crippen LogP) is 1.62. The van der Waals surface area contributed by atoms with Crippen molar-refractivity contribution >= 4 is 17.3 Å². The molecule has 0 saturated carbocycles. The average molecular weight is 345 g/mol. The Kier molecular flexibility index (Phi) is 4.96. The number of aliphatic hydroxyl groups is 2. The average Bonchev–Trinajstić information content (AvgIpc) is 2.59. The minimum absolute atomic E-state index is 0.0510. The highest BCUT2D eigenvalue weighted by Gasteiger charge is 2.28. The Balaban J connectivity index is 1.92. The van der Waals surface area contributed by atoms with Gasteiger partial charge in [-0.05, 0) is 36.6 Å². The summed E-state index contributed by atoms with van der Waals surface area (Å²) in [5, 5.41) is 21.6. The van der Waals surface area contributed by atoms with E-state index >= 15 is 0 Å². The predicted molar refractivity (Wildman–Crippen MR) is 91.4 cm³/mol. The van der Waals surface area contributed by atoms with Crippen molar-refractivity contribution in [3.05, 3.63) is 53.1 Å². The van der Waals surface area contributed by atoms with E-state index in [1.165, 1.54) is 17.2 Å². The smallest absolute Gasteiger partial charge is 0.256 e. The van der Waals surface area contributed by atoms with Gasteiger partial charge in [0.25, 0.3) is 5.91 Å². The van der Waals surface area contributed by atoms with Gasteiger partial charge in [0.15, 0.2) is 0 Å². The van der Waals surface area contributed by atoms with Crippen LogP contribution in [-0.4, -0.2) is 51.8 Å². The van der Waals surface area contributed by atoms with Gasteiger partial charge in [-0.15, -0.1) is 0 Å². The number of carbonyl (C=O) groups excluding carboxylic acids is 1. The lowest BCUT2D eigenvalue weighted by molar-refractivity contribution is 0.0445. The summed E-state index contributed by atoms with van der Waals surface area (Å²) in [4.78, 5) is 18.4. The maximum Gasteiger partial charge on any atom is 0.256 e. The Hall–Kier alpha value is -2.51. The number of aliphatic hydroxyl groups excluding tert-OH is 2. The summed E-state index contributed by atoms with van der Waals surface area (Å²) >= 11 is 0. The fourth-order valence-electron chi connectivity index (χ4n) is 2.91. The number of rotatable bonds is 5. The Morgan fingerprint density at radius 1 is 1.36 bits per heavy atom. The fourth-order valence-corrected chi connectivity index (χ4v) is 2.91. The van der Waals surface area contributed by atoms with E-state index in [2.05, 4.69) is 10.3 Å². The van der Waals surface area contributed by atoms with Crippen molar-refractivity contribution in [3.8, 4) is 0 Å². The Morgan fingerprint density at radius 2 is 2.16 bits per heavy atom. The number of carbonyl (C=O) groups is 1. The van der Waals surface area contributed by atoms with Gasteiger partial charge in [-0.3, -0.25) is 9.78 Å². The standard InChI is InChI=1S/C18H20FN3O3/c1-11-2-3-15(14(19)6-11)21-16-8-20-7-12-4-5-22(9-13(24)10-23)18(25)17(12)16/h2-3,6-8,13,21,23-24H,4-5,9-10H2,1H3/t13-/m0/s1. The van der Waals surface area contributed by atoms with Gasteiger partial charge < -0.3 is 20.4 Å². The van der Waals surface area contributed by atoms with E-state index in [9.17, 15) is 14.3 Å². The minimum Gasteiger partial charge on any atom is -0.394 e. The van der Waals surface area contributed by atoms with Crippen molar-refractivity contribution in [1.82, 2.24) is 9.88 Å². The zero-order valence-electron chi connectivity index (χ0n) is 13.9. The van der Waals surface area contributed by atoms with E-state index < -0.39 is 18.5 Å². The highest BCUT2D eigenvalue weighted by Crippen LogP contribution is 2.29. The van der Waals surface area contributed by atoms with E-state index in [4.69, 9.17) is 5.11 Å². The molecular formula is C18H20FN3O3. The van der Waals surface area contributed by atoms with Crippen LogP contribution in [0.3, 0.4) is 0 Å². The Labute approximate surface area is 144 Å². The van der Waals surface area contributed by atoms with Crippen molar-refractivity contribution in [2.75, 3.05) is 25.0 Å². The van der Waals surface area contributed by atoms with E-state index in [1.54, 1.807) is 25.3 Å². The van der Waals surface area contributed by atoms with Gasteiger partial charge in [0.1, 0.15) is 5.82 Å². The second-order valence-electron chi connectivity index (χ2n) is 6.17. The lowest BCUT2D eigenvalue weighted by atomic mass is 9.99. The van der Waals surface area contributed by atoms with Crippen LogP contribution >= 0.6 is 0 Å². The monoisotopic (exact) mass is 345 g/mol. The molecule has 132 valence electrons. The number of benzene rings is 1. The van der Waals surface area contributed by atoms with Gasteiger partial charge in [-0.1, -0.05) is 6.07 Å². The molecule has 2 aromatic rings. The molecule has 3 rings (SSSR count). The molecule has 0 aliphatic carbocycles. The molecule has 0 bridgehead atoms. The number of halogens is 1. The molecule has 1 atom stereocenters. The van der Waals surface area contributed by atoms with Gasteiger partial charge in [-0.25, -0.2) is 4.39 Å². The molecule has 25 heavy (non-hydrogen) atoms. The third-order valence-corrected chi connectivity index (χ3v) is 4.21. The van der Waals surface area contributed by atoms with Gasteiger partial charge in [0.2, 0.25) is 0 Å². The Bertz CT molecular complexity index is 797. The number of pyridine rings is 1. The zero-order valence-corrected chi connectivity index (χ0v) is 13.9. The van der Waals surface area contributed by atoms with E-state index in [-0.39, 0.29) is 18.1 Å². The molecule has 1 aromatic heterocycles. The summed E-state index contributed by atoms with van der Waals surface area (Å²) in [6.45, 7) is 1.88. The van der Waals surface area contributed by atoms with Gasteiger partial charge in [0, 0.05) is 19.3 Å². The van der Waals surface area contributed by atoms with Crippen molar-refractivity contribution in [1.29, 1.82) is 0 Å². The number of hydrogen-bond acceptors (Lipinski definition) is 5. The molecule has 0 radical (unpaired) electrons. The first-order valence-electron chi connectivity index (χ1n) is 8.08. The highest BCUT2D eigenvalue weighted by molar-refractivity contribution is 6.02. The largest absolute Gasteiger partial charge is 0.394 e. The van der Waals surface area contributed by atoms with Crippen LogP contribution < -0.4 is 5.32 Å². The number of amides is 1. The van der Waals surface area contributed by atoms with Crippen molar-refractivity contribution in [3.63, 3.8) is 0 Å². The van der Waals surface area contributed by atoms with Crippen LogP contribution in [0.25, 0.3) is 0 Å². The van der Waals surface area contributed by atoms with Crippen molar-refractivity contribution in [2.24, 2.45) is 0 Å². The molecule has 0 fully saturated rings. The van der Waals surface area contributed by atoms with Crippen LogP contribution in [0.4, 0.5) is 15.8 Å². The molecule has 6 nitrogen and oxygen atoms in total. The number of nitrogens with one attached hydrogen (secondary N) is 1. The maximum atomic E-state index is 14.1. The van der Waals surface area contributed by atoms with E-state index in [0.717, 1.165) is 11.1 Å². The number of hydrogen-bond donors (Lipinski definition) is 3. The quantitative estimate of drug-likeness (QED) is 0.767. The van der Waals surface area contributed by atoms with Crippen molar-refractivity contribution in [2.45, 2.75) is 19.4 Å². The maximum absolute atomic E-state index is 14.1. The summed E-state index contributed by atoms with van der Waals surface area (Å²) in [5.74, 6) is -0.681. The first kappa shape index (κ1) is 17.3. The van der Waals surface area contributed by atoms with Crippen LogP contribution in [0.2, 0.25) is 0 Å². The molecule has 0 spiro atoms. The van der Waals surface area contributed by atoms with Crippen LogP contribution in [0, 0.1) is 12.7 Å². The number of β-amino-alcohol motifs (C(OH)–C–C–N with tert-alkyl or cyclic N) is 1. The zero-order chi connectivity index (χ0) is 18.0. The first-order chi connectivity index (χ1) is 12.0. The molecule has 1 amide bonds. The molecule has 3 N–H and O–H groups in total. The number of aryl methyl sites for hydroxylation is 1. The lowest BCUT2D eigenvalue weighted by Gasteiger charge is -2.31. The Morgan fingerprint density at radius 3 is 2.88 bits per heavy atom. The minimum atomic E-state index is -0.988. The summed E-state index contributed by atoms with van der Waals surface area (Å²) in [6, 6.07) is 4.81. The normalized spacial score (nSPS) is 15.0. The van der Waals surface area contributed by atoms with Crippen LogP contribution in [-0.2, 0) is 6.42 Å². The molecule has 2 heterocycles. The van der Waals surface area contributed by atoms with Gasteiger partial charge in [-0.2, -0.15) is 0 Å².